The monoisotopic (exact) mass is 464 g/mol. The molecule has 3 heterocycles. The van der Waals surface area contributed by atoms with E-state index in [4.69, 9.17) is 0 Å². The van der Waals surface area contributed by atoms with Crippen LogP contribution in [0.1, 0.15) is 81.1 Å². The Bertz CT molecular complexity index is 899. The zero-order chi connectivity index (χ0) is 22.6. The molecule has 1 aromatic heterocycles. The Labute approximate surface area is 191 Å². The molecule has 2 amide bonds. The van der Waals surface area contributed by atoms with Gasteiger partial charge in [-0.05, 0) is 44.6 Å². The molecule has 2 aliphatic heterocycles. The molecule has 0 bridgehead atoms. The second-order valence-corrected chi connectivity index (χ2v) is 11.4. The van der Waals surface area contributed by atoms with Gasteiger partial charge < -0.3 is 15.2 Å². The van der Waals surface area contributed by atoms with Crippen molar-refractivity contribution >= 4 is 21.8 Å². The minimum atomic E-state index is -3.76. The van der Waals surface area contributed by atoms with Crippen molar-refractivity contribution in [1.82, 2.24) is 19.5 Å². The molecule has 32 heavy (non-hydrogen) atoms. The molecule has 3 fully saturated rings. The zero-order valence-corrected chi connectivity index (χ0v) is 19.7. The number of carbonyl (C=O) groups is 2. The fourth-order valence-electron chi connectivity index (χ4n) is 5.18. The molecule has 2 N–H and O–H groups in total. The Morgan fingerprint density at radius 3 is 2.31 bits per heavy atom. The summed E-state index contributed by atoms with van der Waals surface area (Å²) in [4.78, 5) is 30.2. The van der Waals surface area contributed by atoms with Crippen LogP contribution in [0.3, 0.4) is 0 Å². The summed E-state index contributed by atoms with van der Waals surface area (Å²) in [6.45, 7) is 2.02. The lowest BCUT2D eigenvalue weighted by Crippen LogP contribution is -2.47. The van der Waals surface area contributed by atoms with E-state index in [0.29, 0.717) is 38.2 Å². The smallest absolute Gasteiger partial charge is 0.270 e. The van der Waals surface area contributed by atoms with Crippen molar-refractivity contribution in [3.8, 4) is 0 Å². The lowest BCUT2D eigenvalue weighted by molar-refractivity contribution is -0.126. The molecule has 1 unspecified atom stereocenters. The molecule has 1 saturated carbocycles. The number of H-pyrrole nitrogens is 1. The second-order valence-electron chi connectivity index (χ2n) is 9.50. The molecule has 1 atom stereocenters. The highest BCUT2D eigenvalue weighted by atomic mass is 32.2. The van der Waals surface area contributed by atoms with Gasteiger partial charge in [0.05, 0.1) is 5.92 Å². The summed E-state index contributed by atoms with van der Waals surface area (Å²) in [7, 11) is -3.76. The SMILES string of the molecule is O=C(NC1CCCCCCC1)C1CCCN(S(=O)(=O)c2c[nH]c(C(=O)N3CCCC3)c2)C1. The van der Waals surface area contributed by atoms with E-state index in [1.54, 1.807) is 4.90 Å². The molecule has 0 radical (unpaired) electrons. The highest BCUT2D eigenvalue weighted by Gasteiger charge is 2.35. The van der Waals surface area contributed by atoms with E-state index in [1.165, 1.54) is 35.8 Å². The van der Waals surface area contributed by atoms with Gasteiger partial charge >= 0.3 is 0 Å². The molecule has 1 aromatic rings. The summed E-state index contributed by atoms with van der Waals surface area (Å²) in [5, 5.41) is 3.20. The highest BCUT2D eigenvalue weighted by Crippen LogP contribution is 2.26. The fraction of sp³-hybridized carbons (Fsp3) is 0.739. The first-order valence-electron chi connectivity index (χ1n) is 12.2. The molecule has 4 rings (SSSR count). The standard InChI is InChI=1S/C23H36N4O4S/c28-22(25-19-10-4-2-1-3-5-11-19)18-9-8-14-27(17-18)32(30,31)20-15-21(24-16-20)23(29)26-12-6-7-13-26/h15-16,18-19,24H,1-14,17H2,(H,25,28). The number of carbonyl (C=O) groups excluding carboxylic acids is 2. The molecular formula is C23H36N4O4S. The van der Waals surface area contributed by atoms with Crippen LogP contribution in [0.5, 0.6) is 0 Å². The molecule has 0 aromatic carbocycles. The van der Waals surface area contributed by atoms with Gasteiger partial charge in [0.1, 0.15) is 10.6 Å². The summed E-state index contributed by atoms with van der Waals surface area (Å²) in [5.74, 6) is -0.498. The van der Waals surface area contributed by atoms with Gasteiger partial charge in [0.25, 0.3) is 5.91 Å². The Morgan fingerprint density at radius 1 is 0.906 bits per heavy atom. The topological polar surface area (TPSA) is 103 Å². The van der Waals surface area contributed by atoms with E-state index in [2.05, 4.69) is 10.3 Å². The molecule has 3 aliphatic rings. The van der Waals surface area contributed by atoms with Crippen LogP contribution in [0, 0.1) is 5.92 Å². The number of nitrogens with one attached hydrogen (secondary N) is 2. The number of rotatable bonds is 5. The van der Waals surface area contributed by atoms with Crippen LogP contribution in [0.2, 0.25) is 0 Å². The van der Waals surface area contributed by atoms with Crippen LogP contribution in [-0.2, 0) is 14.8 Å². The predicted octanol–water partition coefficient (Wildman–Crippen LogP) is 2.88. The van der Waals surface area contributed by atoms with Crippen molar-refractivity contribution in [2.24, 2.45) is 5.92 Å². The van der Waals surface area contributed by atoms with Gasteiger partial charge in [0, 0.05) is 38.4 Å². The maximum Gasteiger partial charge on any atom is 0.270 e. The van der Waals surface area contributed by atoms with Gasteiger partial charge in [-0.1, -0.05) is 32.1 Å². The maximum absolute atomic E-state index is 13.2. The summed E-state index contributed by atoms with van der Waals surface area (Å²) in [6.07, 6.45) is 12.8. The number of hydrogen-bond donors (Lipinski definition) is 2. The summed E-state index contributed by atoms with van der Waals surface area (Å²) >= 11 is 0. The summed E-state index contributed by atoms with van der Waals surface area (Å²) in [5.41, 5.74) is 0.307. The van der Waals surface area contributed by atoms with Crippen molar-refractivity contribution in [3.05, 3.63) is 18.0 Å². The average molecular weight is 465 g/mol. The van der Waals surface area contributed by atoms with Crippen molar-refractivity contribution in [1.29, 1.82) is 0 Å². The van der Waals surface area contributed by atoms with Gasteiger partial charge in [0.15, 0.2) is 0 Å². The first kappa shape index (κ1) is 23.3. The van der Waals surface area contributed by atoms with Crippen LogP contribution in [0.15, 0.2) is 17.2 Å². The molecule has 178 valence electrons. The number of piperidine rings is 1. The minimum absolute atomic E-state index is 0.0190. The largest absolute Gasteiger partial charge is 0.356 e. The van der Waals surface area contributed by atoms with Gasteiger partial charge in [-0.2, -0.15) is 4.31 Å². The number of likely N-dealkylation sites (tertiary alicyclic amines) is 1. The first-order chi connectivity index (χ1) is 15.4. The number of aromatic amines is 1. The number of nitrogens with zero attached hydrogens (tertiary/aromatic N) is 2. The third kappa shape index (κ3) is 5.36. The average Bonchev–Trinajstić information content (AvgIpc) is 3.48. The Morgan fingerprint density at radius 2 is 1.59 bits per heavy atom. The lowest BCUT2D eigenvalue weighted by Gasteiger charge is -2.32. The zero-order valence-electron chi connectivity index (χ0n) is 18.9. The molecule has 8 nitrogen and oxygen atoms in total. The fourth-order valence-corrected chi connectivity index (χ4v) is 6.70. The molecular weight excluding hydrogens is 428 g/mol. The minimum Gasteiger partial charge on any atom is -0.356 e. The van der Waals surface area contributed by atoms with Crippen molar-refractivity contribution in [2.45, 2.75) is 81.6 Å². The Kier molecular flexibility index (Phi) is 7.55. The van der Waals surface area contributed by atoms with Gasteiger partial charge in [-0.3, -0.25) is 9.59 Å². The van der Waals surface area contributed by atoms with Crippen LogP contribution in [-0.4, -0.2) is 66.6 Å². The van der Waals surface area contributed by atoms with E-state index in [9.17, 15) is 18.0 Å². The number of hydrogen-bond acceptors (Lipinski definition) is 4. The quantitative estimate of drug-likeness (QED) is 0.699. The number of aromatic nitrogens is 1. The molecule has 2 saturated heterocycles. The van der Waals surface area contributed by atoms with Crippen LogP contribution < -0.4 is 5.32 Å². The third-order valence-electron chi connectivity index (χ3n) is 7.12. The van der Waals surface area contributed by atoms with E-state index in [1.807, 2.05) is 0 Å². The van der Waals surface area contributed by atoms with Gasteiger partial charge in [-0.15, -0.1) is 0 Å². The van der Waals surface area contributed by atoms with Crippen molar-refractivity contribution < 1.29 is 18.0 Å². The number of amides is 2. The predicted molar refractivity (Wildman–Crippen MR) is 122 cm³/mol. The van der Waals surface area contributed by atoms with Crippen molar-refractivity contribution in [2.75, 3.05) is 26.2 Å². The maximum atomic E-state index is 13.2. The van der Waals surface area contributed by atoms with E-state index >= 15 is 0 Å². The lowest BCUT2D eigenvalue weighted by atomic mass is 9.94. The van der Waals surface area contributed by atoms with E-state index in [0.717, 1.165) is 38.5 Å². The molecule has 9 heteroatoms. The summed E-state index contributed by atoms with van der Waals surface area (Å²) in [6, 6.07) is 1.65. The van der Waals surface area contributed by atoms with Gasteiger partial charge in [-0.25, -0.2) is 8.42 Å². The Hall–Kier alpha value is -1.87. The summed E-state index contributed by atoms with van der Waals surface area (Å²) < 4.78 is 27.9. The van der Waals surface area contributed by atoms with Crippen LogP contribution in [0.4, 0.5) is 0 Å². The van der Waals surface area contributed by atoms with Crippen molar-refractivity contribution in [3.63, 3.8) is 0 Å². The van der Waals surface area contributed by atoms with Gasteiger partial charge in [0.2, 0.25) is 15.9 Å². The van der Waals surface area contributed by atoms with E-state index in [-0.39, 0.29) is 35.2 Å². The van der Waals surface area contributed by atoms with E-state index < -0.39 is 10.0 Å². The highest BCUT2D eigenvalue weighted by molar-refractivity contribution is 7.89. The Balaban J connectivity index is 1.38. The molecule has 1 aliphatic carbocycles. The normalized spacial score (nSPS) is 24.1. The first-order valence-corrected chi connectivity index (χ1v) is 13.7. The van der Waals surface area contributed by atoms with Crippen LogP contribution >= 0.6 is 0 Å². The van der Waals surface area contributed by atoms with Crippen LogP contribution in [0.25, 0.3) is 0 Å². The number of sulfonamides is 1. The third-order valence-corrected chi connectivity index (χ3v) is 8.97. The molecule has 0 spiro atoms. The second kappa shape index (κ2) is 10.4.